The fourth-order valence-corrected chi connectivity index (χ4v) is 4.65. The van der Waals surface area contributed by atoms with E-state index in [0.29, 0.717) is 42.6 Å². The molecule has 3 aromatic carbocycles. The summed E-state index contributed by atoms with van der Waals surface area (Å²) in [6, 6.07) is 16.8. The summed E-state index contributed by atoms with van der Waals surface area (Å²) in [5, 5.41) is 20.6. The van der Waals surface area contributed by atoms with Gasteiger partial charge in [-0.3, -0.25) is 5.43 Å². The van der Waals surface area contributed by atoms with Crippen molar-refractivity contribution in [1.82, 2.24) is 25.2 Å². The van der Waals surface area contributed by atoms with Crippen molar-refractivity contribution in [3.8, 4) is 5.75 Å². The maximum absolute atomic E-state index is 14.6. The molecule has 1 unspecified atom stereocenters. The molecule has 0 spiro atoms. The minimum absolute atomic E-state index is 0.112. The third-order valence-electron chi connectivity index (χ3n) is 6.64. The summed E-state index contributed by atoms with van der Waals surface area (Å²) in [7, 11) is 0. The molecule has 1 saturated heterocycles. The number of hydrogen-bond donors (Lipinski definition) is 3. The number of halogens is 3. The summed E-state index contributed by atoms with van der Waals surface area (Å²) < 4.78 is 35.3. The van der Waals surface area contributed by atoms with Crippen LogP contribution in [-0.4, -0.2) is 63.7 Å². The van der Waals surface area contributed by atoms with Gasteiger partial charge in [-0.15, -0.1) is 0 Å². The molecule has 1 atom stereocenters. The standard InChI is InChI=1S/C28H28ClF2N7O3/c29-20-1-4-22(5-2-20)34-27(39)35-37-13-11-36(12-14-37)23-6-8-24(9-7-23)41-17-28(40,16-38-19-32-18-33-38)25-10-3-21(30)15-26(25)31/h1-10,15,18-19,40H,11-14,16-17H2,(H2,34,35,39). The van der Waals surface area contributed by atoms with E-state index in [-0.39, 0.29) is 24.7 Å². The minimum atomic E-state index is -1.84. The molecule has 0 radical (unpaired) electrons. The molecule has 1 fully saturated rings. The molecule has 2 amide bonds. The molecule has 1 aromatic heterocycles. The number of nitrogens with one attached hydrogen (secondary N) is 2. The Morgan fingerprint density at radius 1 is 1.02 bits per heavy atom. The van der Waals surface area contributed by atoms with Crippen molar-refractivity contribution in [3.05, 3.63) is 102 Å². The third kappa shape index (κ3) is 7.28. The molecule has 10 nitrogen and oxygen atoms in total. The van der Waals surface area contributed by atoms with Crippen LogP contribution in [0.2, 0.25) is 5.02 Å². The highest BCUT2D eigenvalue weighted by molar-refractivity contribution is 6.30. The van der Waals surface area contributed by atoms with Crippen LogP contribution < -0.4 is 20.4 Å². The van der Waals surface area contributed by atoms with Gasteiger partial charge in [0.2, 0.25) is 0 Å². The van der Waals surface area contributed by atoms with Crippen molar-refractivity contribution in [2.45, 2.75) is 12.1 Å². The first kappa shape index (κ1) is 28.3. The molecular formula is C28H28ClF2N7O3. The predicted octanol–water partition coefficient (Wildman–Crippen LogP) is 4.04. The molecule has 1 aliphatic heterocycles. The first-order valence-corrected chi connectivity index (χ1v) is 13.2. The molecule has 4 aromatic rings. The van der Waals surface area contributed by atoms with E-state index in [4.69, 9.17) is 16.3 Å². The predicted molar refractivity (Wildman–Crippen MR) is 150 cm³/mol. The van der Waals surface area contributed by atoms with Crippen molar-refractivity contribution in [1.29, 1.82) is 0 Å². The van der Waals surface area contributed by atoms with E-state index < -0.39 is 17.2 Å². The Morgan fingerprint density at radius 3 is 2.41 bits per heavy atom. The van der Waals surface area contributed by atoms with Crippen LogP contribution in [0.4, 0.5) is 25.0 Å². The van der Waals surface area contributed by atoms with Gasteiger partial charge in [-0.25, -0.2) is 28.3 Å². The average molecular weight is 584 g/mol. The van der Waals surface area contributed by atoms with E-state index >= 15 is 0 Å². The Bertz CT molecular complexity index is 1450. The second kappa shape index (κ2) is 12.5. The maximum Gasteiger partial charge on any atom is 0.333 e. The molecule has 3 N–H and O–H groups in total. The number of anilines is 2. The largest absolute Gasteiger partial charge is 0.490 e. The highest BCUT2D eigenvalue weighted by atomic mass is 35.5. The fourth-order valence-electron chi connectivity index (χ4n) is 4.53. The topological polar surface area (TPSA) is 108 Å². The number of carbonyl (C=O) groups is 1. The Balaban J connectivity index is 1.15. The normalized spacial score (nSPS) is 15.3. The van der Waals surface area contributed by atoms with E-state index in [1.165, 1.54) is 23.4 Å². The number of aromatic nitrogens is 3. The number of hydrazine groups is 1. The van der Waals surface area contributed by atoms with Crippen molar-refractivity contribution in [3.63, 3.8) is 0 Å². The Labute approximate surface area is 240 Å². The lowest BCUT2D eigenvalue weighted by molar-refractivity contribution is -0.0297. The van der Waals surface area contributed by atoms with Gasteiger partial charge in [0, 0.05) is 54.2 Å². The molecule has 41 heavy (non-hydrogen) atoms. The number of ether oxygens (including phenoxy) is 1. The van der Waals surface area contributed by atoms with Gasteiger partial charge in [0.25, 0.3) is 0 Å². The smallest absolute Gasteiger partial charge is 0.333 e. The Morgan fingerprint density at radius 2 is 1.76 bits per heavy atom. The number of nitrogens with zero attached hydrogens (tertiary/aromatic N) is 5. The van der Waals surface area contributed by atoms with E-state index in [1.54, 1.807) is 36.4 Å². The molecule has 1 aliphatic rings. The van der Waals surface area contributed by atoms with Crippen molar-refractivity contribution in [2.24, 2.45) is 0 Å². The Kier molecular flexibility index (Phi) is 8.62. The summed E-state index contributed by atoms with van der Waals surface area (Å²) in [6.45, 7) is 2.14. The number of rotatable bonds is 9. The van der Waals surface area contributed by atoms with E-state index in [9.17, 15) is 18.7 Å². The van der Waals surface area contributed by atoms with Crippen molar-refractivity contribution < 1.29 is 23.4 Å². The number of aliphatic hydroxyl groups is 1. The zero-order chi connectivity index (χ0) is 28.8. The third-order valence-corrected chi connectivity index (χ3v) is 6.90. The van der Waals surface area contributed by atoms with Crippen LogP contribution in [0.3, 0.4) is 0 Å². The number of urea groups is 1. The Hall–Kier alpha value is -4.26. The van der Waals surface area contributed by atoms with Crippen LogP contribution in [0.5, 0.6) is 5.75 Å². The average Bonchev–Trinajstić information content (AvgIpc) is 3.46. The lowest BCUT2D eigenvalue weighted by Gasteiger charge is -2.36. The van der Waals surface area contributed by atoms with E-state index in [1.807, 2.05) is 17.1 Å². The summed E-state index contributed by atoms with van der Waals surface area (Å²) in [5.74, 6) is -1.17. The van der Waals surface area contributed by atoms with Gasteiger partial charge in [0.15, 0.2) is 0 Å². The lowest BCUT2D eigenvalue weighted by Crippen LogP contribution is -2.54. The van der Waals surface area contributed by atoms with Gasteiger partial charge in [0.05, 0.1) is 6.54 Å². The lowest BCUT2D eigenvalue weighted by atomic mass is 9.94. The number of piperazine rings is 1. The second-order valence-corrected chi connectivity index (χ2v) is 10.0. The van der Waals surface area contributed by atoms with Crippen LogP contribution in [0.25, 0.3) is 0 Å². The zero-order valence-corrected chi connectivity index (χ0v) is 22.6. The molecular weight excluding hydrogens is 556 g/mol. The van der Waals surface area contributed by atoms with E-state index in [0.717, 1.165) is 17.8 Å². The van der Waals surface area contributed by atoms with Crippen LogP contribution in [0.1, 0.15) is 5.56 Å². The van der Waals surface area contributed by atoms with Gasteiger partial charge >= 0.3 is 6.03 Å². The number of amides is 2. The maximum atomic E-state index is 14.6. The number of benzene rings is 3. The molecule has 0 aliphatic carbocycles. The van der Waals surface area contributed by atoms with Gasteiger partial charge in [-0.05, 0) is 54.6 Å². The molecule has 0 bridgehead atoms. The van der Waals surface area contributed by atoms with Gasteiger partial charge < -0.3 is 20.1 Å². The first-order chi connectivity index (χ1) is 19.8. The number of carbonyl (C=O) groups excluding carboxylic acids is 1. The van der Waals surface area contributed by atoms with Crippen molar-refractivity contribution >= 4 is 29.0 Å². The molecule has 214 valence electrons. The van der Waals surface area contributed by atoms with Crippen molar-refractivity contribution in [2.75, 3.05) is 43.0 Å². The second-order valence-electron chi connectivity index (χ2n) is 9.58. The fraction of sp³-hybridized carbons (Fsp3) is 0.250. The first-order valence-electron chi connectivity index (χ1n) is 12.8. The van der Waals surface area contributed by atoms with Gasteiger partial charge in [-0.1, -0.05) is 17.7 Å². The molecule has 5 rings (SSSR count). The van der Waals surface area contributed by atoms with E-state index in [2.05, 4.69) is 25.7 Å². The quantitative estimate of drug-likeness (QED) is 0.273. The minimum Gasteiger partial charge on any atom is -0.490 e. The highest BCUT2D eigenvalue weighted by Gasteiger charge is 2.35. The SMILES string of the molecule is O=C(Nc1ccc(Cl)cc1)NN1CCN(c2ccc(OCC(O)(Cn3cncn3)c3ccc(F)cc3F)cc2)CC1. The number of hydrogen-bond acceptors (Lipinski definition) is 7. The van der Waals surface area contributed by atoms with Crippen LogP contribution in [0, 0.1) is 11.6 Å². The highest BCUT2D eigenvalue weighted by Crippen LogP contribution is 2.29. The summed E-state index contributed by atoms with van der Waals surface area (Å²) in [5.41, 5.74) is 2.51. The van der Waals surface area contributed by atoms with Crippen LogP contribution in [-0.2, 0) is 12.1 Å². The monoisotopic (exact) mass is 583 g/mol. The van der Waals surface area contributed by atoms with Crippen LogP contribution >= 0.6 is 11.6 Å². The summed E-state index contributed by atoms with van der Waals surface area (Å²) in [4.78, 5) is 18.3. The van der Waals surface area contributed by atoms with Crippen LogP contribution in [0.15, 0.2) is 79.4 Å². The molecule has 13 heteroatoms. The molecule has 0 saturated carbocycles. The zero-order valence-electron chi connectivity index (χ0n) is 21.9. The summed E-state index contributed by atoms with van der Waals surface area (Å²) in [6.07, 6.45) is 2.69. The van der Waals surface area contributed by atoms with Gasteiger partial charge in [0.1, 0.15) is 42.2 Å². The van der Waals surface area contributed by atoms with Gasteiger partial charge in [-0.2, -0.15) is 5.10 Å². The molecule has 2 heterocycles. The summed E-state index contributed by atoms with van der Waals surface area (Å²) >= 11 is 5.88.